The van der Waals surface area contributed by atoms with Crippen molar-refractivity contribution in [3.05, 3.63) is 29.8 Å². The molecular weight excluding hydrogens is 685 g/mol. The van der Waals surface area contributed by atoms with Crippen LogP contribution in [-0.4, -0.2) is 84.4 Å². The number of fused-ring (bicyclic) bond motifs is 2. The Balaban J connectivity index is 1.19. The molecule has 0 spiro atoms. The standard InChI is InChI=1S/C38H56N6O7S/c1-37(2,3)32(42-36(49)41-27(23-14-7-6-8-15-23)21-43-19-24-16-9-10-17-28(24)52(43,50)51)35(48)44-20-25-29(38(25,4)5)30(44)34(47)40-26(31(45)33(39)46)18-22-12-11-13-22/h9-10,16-17,22-23,25-27,29-30,32H,6-8,11-15,18-21H2,1-5H3,(H2,39,46)(H,40,47)(H2,41,42,49)/t25-,26?,27+,29-,30?,32+/m0/s1. The number of primary amides is 1. The van der Waals surface area contributed by atoms with Crippen LogP contribution in [0.25, 0.3) is 0 Å². The number of ketones is 1. The van der Waals surface area contributed by atoms with E-state index < -0.39 is 69.1 Å². The number of hydrogen-bond acceptors (Lipinski definition) is 7. The number of amides is 5. The Hall–Kier alpha value is -3.52. The number of carbonyl (C=O) groups is 5. The van der Waals surface area contributed by atoms with Gasteiger partial charge in [-0.2, -0.15) is 4.31 Å². The Morgan fingerprint density at radius 3 is 2.21 bits per heavy atom. The molecule has 14 heteroatoms. The van der Waals surface area contributed by atoms with Crippen molar-refractivity contribution in [1.82, 2.24) is 25.2 Å². The summed E-state index contributed by atoms with van der Waals surface area (Å²) < 4.78 is 28.4. The number of nitrogens with two attached hydrogens (primary N) is 1. The molecule has 0 aromatic heterocycles. The molecule has 5 amide bonds. The number of nitrogens with one attached hydrogen (secondary N) is 3. The van der Waals surface area contributed by atoms with E-state index in [-0.39, 0.29) is 42.2 Å². The molecule has 0 bridgehead atoms. The second-order valence-electron chi connectivity index (χ2n) is 17.5. The molecule has 2 heterocycles. The third-order valence-electron chi connectivity index (χ3n) is 12.7. The van der Waals surface area contributed by atoms with E-state index in [9.17, 15) is 32.4 Å². The Bertz CT molecular complexity index is 1700. The molecule has 52 heavy (non-hydrogen) atoms. The van der Waals surface area contributed by atoms with Crippen LogP contribution < -0.4 is 21.7 Å². The van der Waals surface area contributed by atoms with Crippen LogP contribution in [0, 0.1) is 34.5 Å². The van der Waals surface area contributed by atoms with Gasteiger partial charge >= 0.3 is 6.03 Å². The first-order chi connectivity index (χ1) is 24.4. The number of Topliss-reactive ketones (excluding diaryl/α,β-unsaturated/α-hetero) is 1. The molecule has 6 atom stereocenters. The summed E-state index contributed by atoms with van der Waals surface area (Å²) >= 11 is 0. The van der Waals surface area contributed by atoms with E-state index in [1.165, 1.54) is 9.21 Å². The minimum absolute atomic E-state index is 0.0563. The second-order valence-corrected chi connectivity index (χ2v) is 19.4. The van der Waals surface area contributed by atoms with Gasteiger partial charge in [0.2, 0.25) is 27.6 Å². The predicted molar refractivity (Wildman–Crippen MR) is 194 cm³/mol. The molecule has 1 aromatic rings. The van der Waals surface area contributed by atoms with Crippen molar-refractivity contribution in [1.29, 1.82) is 0 Å². The number of nitrogens with zero attached hydrogens (tertiary/aromatic N) is 2. The fourth-order valence-corrected chi connectivity index (χ4v) is 10.9. The van der Waals surface area contributed by atoms with Gasteiger partial charge in [-0.15, -0.1) is 0 Å². The first-order valence-corrected chi connectivity index (χ1v) is 20.4. The van der Waals surface area contributed by atoms with Gasteiger partial charge in [0.1, 0.15) is 12.1 Å². The maximum absolute atomic E-state index is 14.5. The Morgan fingerprint density at radius 2 is 1.62 bits per heavy atom. The average molecular weight is 741 g/mol. The van der Waals surface area contributed by atoms with Crippen LogP contribution in [0.4, 0.5) is 4.79 Å². The SMILES string of the molecule is CC(C)(C)[C@H](NC(=O)N[C@H](CN1Cc2ccccc2S1(=O)=O)C1CCCCC1)C(=O)N1C[C@H]2[C@@H](C1C(=O)NC(CC1CCC1)C(=O)C(N)=O)C2(C)C. The Morgan fingerprint density at radius 1 is 0.942 bits per heavy atom. The van der Waals surface area contributed by atoms with Crippen molar-refractivity contribution in [2.45, 2.75) is 128 Å². The van der Waals surface area contributed by atoms with Gasteiger partial charge in [-0.05, 0) is 65.4 Å². The summed E-state index contributed by atoms with van der Waals surface area (Å²) in [7, 11) is -3.72. The molecule has 5 aliphatic rings. The molecule has 1 saturated heterocycles. The Kier molecular flexibility index (Phi) is 10.6. The normalized spacial score (nSPS) is 26.9. The van der Waals surface area contributed by atoms with Gasteiger partial charge in [0.15, 0.2) is 0 Å². The van der Waals surface area contributed by atoms with E-state index in [4.69, 9.17) is 5.73 Å². The van der Waals surface area contributed by atoms with Crippen LogP contribution in [0.5, 0.6) is 0 Å². The monoisotopic (exact) mass is 740 g/mol. The zero-order chi connectivity index (χ0) is 37.7. The number of likely N-dealkylation sites (tertiary alicyclic amines) is 1. The lowest BCUT2D eigenvalue weighted by atomic mass is 9.80. The van der Waals surface area contributed by atoms with Crippen LogP contribution in [0.3, 0.4) is 0 Å². The van der Waals surface area contributed by atoms with Crippen molar-refractivity contribution in [2.24, 2.45) is 40.2 Å². The average Bonchev–Trinajstić information content (AvgIpc) is 3.33. The largest absolute Gasteiger partial charge is 0.363 e. The van der Waals surface area contributed by atoms with Gasteiger partial charge in [-0.1, -0.05) is 91.3 Å². The first-order valence-electron chi connectivity index (χ1n) is 19.0. The fraction of sp³-hybridized carbons (Fsp3) is 0.711. The maximum Gasteiger partial charge on any atom is 0.315 e. The number of piperidine rings is 1. The number of benzene rings is 1. The highest BCUT2D eigenvalue weighted by Gasteiger charge is 2.70. The Labute approximate surface area is 307 Å². The summed E-state index contributed by atoms with van der Waals surface area (Å²) in [5.74, 6) is -2.66. The second kappa shape index (κ2) is 14.4. The minimum atomic E-state index is -3.72. The lowest BCUT2D eigenvalue weighted by molar-refractivity contribution is -0.145. The van der Waals surface area contributed by atoms with Gasteiger partial charge in [-0.3, -0.25) is 19.2 Å². The summed E-state index contributed by atoms with van der Waals surface area (Å²) in [5, 5.41) is 8.83. The van der Waals surface area contributed by atoms with E-state index in [0.29, 0.717) is 17.9 Å². The molecule has 13 nitrogen and oxygen atoms in total. The van der Waals surface area contributed by atoms with Gasteiger partial charge in [0.25, 0.3) is 5.91 Å². The van der Waals surface area contributed by atoms with E-state index in [1.807, 2.05) is 32.9 Å². The van der Waals surface area contributed by atoms with Gasteiger partial charge in [0.05, 0.1) is 10.9 Å². The maximum atomic E-state index is 14.5. The number of sulfonamides is 1. The van der Waals surface area contributed by atoms with Crippen molar-refractivity contribution in [2.75, 3.05) is 13.1 Å². The summed E-state index contributed by atoms with van der Waals surface area (Å²) in [4.78, 5) is 69.1. The highest BCUT2D eigenvalue weighted by atomic mass is 32.2. The summed E-state index contributed by atoms with van der Waals surface area (Å²) in [6.45, 7) is 10.3. The molecule has 6 rings (SSSR count). The summed E-state index contributed by atoms with van der Waals surface area (Å²) in [5.41, 5.74) is 5.13. The molecule has 3 aliphatic carbocycles. The van der Waals surface area contributed by atoms with Crippen LogP contribution in [-0.2, 0) is 35.7 Å². The molecule has 0 radical (unpaired) electrons. The molecular formula is C38H56N6O7S. The number of carbonyl (C=O) groups excluding carboxylic acids is 5. The van der Waals surface area contributed by atoms with Gasteiger partial charge < -0.3 is 26.6 Å². The number of hydrogen-bond donors (Lipinski definition) is 4. The van der Waals surface area contributed by atoms with Crippen LogP contribution in [0.15, 0.2) is 29.2 Å². The van der Waals surface area contributed by atoms with E-state index in [2.05, 4.69) is 29.8 Å². The molecule has 5 N–H and O–H groups in total. The number of urea groups is 1. The van der Waals surface area contributed by atoms with Gasteiger partial charge in [0, 0.05) is 25.7 Å². The molecule has 2 aliphatic heterocycles. The van der Waals surface area contributed by atoms with Crippen LogP contribution >= 0.6 is 0 Å². The number of rotatable bonds is 12. The van der Waals surface area contributed by atoms with Crippen molar-refractivity contribution >= 4 is 39.6 Å². The predicted octanol–water partition coefficient (Wildman–Crippen LogP) is 3.07. The smallest absolute Gasteiger partial charge is 0.315 e. The third-order valence-corrected chi connectivity index (χ3v) is 14.6. The zero-order valence-electron chi connectivity index (χ0n) is 31.2. The van der Waals surface area contributed by atoms with Crippen molar-refractivity contribution < 1.29 is 32.4 Å². The summed E-state index contributed by atoms with van der Waals surface area (Å²) in [6.07, 6.45) is 7.96. The van der Waals surface area contributed by atoms with E-state index in [0.717, 1.165) is 56.9 Å². The molecule has 2 unspecified atom stereocenters. The van der Waals surface area contributed by atoms with Gasteiger partial charge in [-0.25, -0.2) is 13.2 Å². The minimum Gasteiger partial charge on any atom is -0.363 e. The summed E-state index contributed by atoms with van der Waals surface area (Å²) in [6, 6.07) is 2.94. The van der Waals surface area contributed by atoms with Crippen molar-refractivity contribution in [3.63, 3.8) is 0 Å². The molecule has 3 saturated carbocycles. The molecule has 1 aromatic carbocycles. The topological polar surface area (TPSA) is 188 Å². The first kappa shape index (κ1) is 38.2. The van der Waals surface area contributed by atoms with E-state index >= 15 is 0 Å². The highest BCUT2D eigenvalue weighted by Crippen LogP contribution is 2.65. The third kappa shape index (κ3) is 7.47. The van der Waals surface area contributed by atoms with Crippen LogP contribution in [0.1, 0.15) is 98.0 Å². The fourth-order valence-electron chi connectivity index (χ4n) is 9.22. The lowest BCUT2D eigenvalue weighted by Gasteiger charge is -2.39. The van der Waals surface area contributed by atoms with Crippen LogP contribution in [0.2, 0.25) is 0 Å². The molecule has 4 fully saturated rings. The highest BCUT2D eigenvalue weighted by molar-refractivity contribution is 7.89. The zero-order valence-corrected chi connectivity index (χ0v) is 32.0. The quantitative estimate of drug-likeness (QED) is 0.237. The van der Waals surface area contributed by atoms with Crippen molar-refractivity contribution in [3.8, 4) is 0 Å². The van der Waals surface area contributed by atoms with E-state index in [1.54, 1.807) is 12.1 Å². The lowest BCUT2D eigenvalue weighted by Crippen LogP contribution is -2.62. The molecule has 286 valence electrons.